The molecule has 0 spiro atoms. The highest BCUT2D eigenvalue weighted by molar-refractivity contribution is 5.50. The summed E-state index contributed by atoms with van der Waals surface area (Å²) in [5.74, 6) is 0.699. The van der Waals surface area contributed by atoms with Crippen molar-refractivity contribution in [1.82, 2.24) is 0 Å². The summed E-state index contributed by atoms with van der Waals surface area (Å²) in [7, 11) is 5.57. The third-order valence-corrected chi connectivity index (χ3v) is 3.14. The Balaban J connectivity index is 2.38. The van der Waals surface area contributed by atoms with Crippen LogP contribution in [-0.2, 0) is 0 Å². The van der Waals surface area contributed by atoms with Crippen molar-refractivity contribution in [2.45, 2.75) is 6.10 Å². The molecule has 0 bridgehead atoms. The van der Waals surface area contributed by atoms with Gasteiger partial charge >= 0.3 is 0 Å². The second-order valence-corrected chi connectivity index (χ2v) is 4.63. The topological polar surface area (TPSA) is 32.7 Å². The van der Waals surface area contributed by atoms with E-state index in [0.717, 1.165) is 16.8 Å². The molecule has 0 heterocycles. The van der Waals surface area contributed by atoms with Gasteiger partial charge in [0.1, 0.15) is 11.9 Å². The standard InChI is InChI=1S/C16H19NO2/c1-17(2)13-8-6-7-12(11-13)16(18)14-9-4-5-10-15(14)19-3/h4-11,16,18H,1-3H3. The molecule has 19 heavy (non-hydrogen) atoms. The van der Waals surface area contributed by atoms with Gasteiger partial charge in [-0.05, 0) is 23.8 Å². The molecule has 2 aromatic carbocycles. The van der Waals surface area contributed by atoms with Gasteiger partial charge in [-0.15, -0.1) is 0 Å². The summed E-state index contributed by atoms with van der Waals surface area (Å²) in [6.45, 7) is 0. The maximum absolute atomic E-state index is 10.5. The normalized spacial score (nSPS) is 12.0. The highest BCUT2D eigenvalue weighted by Gasteiger charge is 2.15. The molecule has 0 saturated carbocycles. The van der Waals surface area contributed by atoms with E-state index in [9.17, 15) is 5.11 Å². The van der Waals surface area contributed by atoms with Gasteiger partial charge in [0.15, 0.2) is 0 Å². The maximum atomic E-state index is 10.5. The number of aliphatic hydroxyl groups is 1. The van der Waals surface area contributed by atoms with E-state index in [0.29, 0.717) is 5.75 Å². The number of anilines is 1. The fourth-order valence-electron chi connectivity index (χ4n) is 2.04. The van der Waals surface area contributed by atoms with Crippen molar-refractivity contribution in [3.8, 4) is 5.75 Å². The second-order valence-electron chi connectivity index (χ2n) is 4.63. The summed E-state index contributed by atoms with van der Waals surface area (Å²) >= 11 is 0. The monoisotopic (exact) mass is 257 g/mol. The molecule has 2 rings (SSSR count). The molecule has 1 N–H and O–H groups in total. The van der Waals surface area contributed by atoms with E-state index in [1.807, 2.05) is 67.5 Å². The molecular formula is C16H19NO2. The fourth-order valence-corrected chi connectivity index (χ4v) is 2.04. The minimum Gasteiger partial charge on any atom is -0.496 e. The van der Waals surface area contributed by atoms with E-state index < -0.39 is 6.10 Å². The van der Waals surface area contributed by atoms with Crippen LogP contribution in [0.25, 0.3) is 0 Å². The minimum atomic E-state index is -0.684. The molecule has 100 valence electrons. The zero-order chi connectivity index (χ0) is 13.8. The van der Waals surface area contributed by atoms with Crippen molar-refractivity contribution in [3.05, 3.63) is 59.7 Å². The van der Waals surface area contributed by atoms with Crippen LogP contribution in [0, 0.1) is 0 Å². The predicted octanol–water partition coefficient (Wildman–Crippen LogP) is 2.84. The number of methoxy groups -OCH3 is 1. The average molecular weight is 257 g/mol. The van der Waals surface area contributed by atoms with E-state index >= 15 is 0 Å². The summed E-state index contributed by atoms with van der Waals surface area (Å²) in [5, 5.41) is 10.5. The Kier molecular flexibility index (Phi) is 4.07. The Bertz CT molecular complexity index is 552. The molecule has 1 unspecified atom stereocenters. The molecule has 0 aliphatic heterocycles. The third kappa shape index (κ3) is 2.88. The molecule has 0 amide bonds. The van der Waals surface area contributed by atoms with E-state index in [1.54, 1.807) is 7.11 Å². The van der Waals surface area contributed by atoms with Gasteiger partial charge < -0.3 is 14.7 Å². The van der Waals surface area contributed by atoms with E-state index in [2.05, 4.69) is 0 Å². The third-order valence-electron chi connectivity index (χ3n) is 3.14. The molecule has 0 fully saturated rings. The van der Waals surface area contributed by atoms with Crippen molar-refractivity contribution < 1.29 is 9.84 Å². The first-order chi connectivity index (χ1) is 9.13. The van der Waals surface area contributed by atoms with E-state index in [4.69, 9.17) is 4.74 Å². The zero-order valence-electron chi connectivity index (χ0n) is 11.5. The Morgan fingerprint density at radius 1 is 1.05 bits per heavy atom. The lowest BCUT2D eigenvalue weighted by Gasteiger charge is -2.18. The smallest absolute Gasteiger partial charge is 0.125 e. The molecule has 3 heteroatoms. The van der Waals surface area contributed by atoms with Gasteiger partial charge in [0.2, 0.25) is 0 Å². The summed E-state index contributed by atoms with van der Waals surface area (Å²) in [6, 6.07) is 15.4. The number of para-hydroxylation sites is 1. The molecule has 0 aliphatic rings. The molecule has 0 aromatic heterocycles. The Hall–Kier alpha value is -2.00. The quantitative estimate of drug-likeness (QED) is 0.914. The second kappa shape index (κ2) is 5.76. The Labute approximate surface area is 114 Å². The lowest BCUT2D eigenvalue weighted by molar-refractivity contribution is 0.215. The number of aliphatic hydroxyl groups excluding tert-OH is 1. The van der Waals surface area contributed by atoms with Gasteiger partial charge in [0.25, 0.3) is 0 Å². The number of hydrogen-bond donors (Lipinski definition) is 1. The van der Waals surface area contributed by atoms with Crippen LogP contribution in [-0.4, -0.2) is 26.3 Å². The van der Waals surface area contributed by atoms with Crippen molar-refractivity contribution in [1.29, 1.82) is 0 Å². The van der Waals surface area contributed by atoms with Gasteiger partial charge in [-0.3, -0.25) is 0 Å². The SMILES string of the molecule is COc1ccccc1C(O)c1cccc(N(C)C)c1. The van der Waals surface area contributed by atoms with Crippen LogP contribution < -0.4 is 9.64 Å². The van der Waals surface area contributed by atoms with E-state index in [1.165, 1.54) is 0 Å². The van der Waals surface area contributed by atoms with Crippen LogP contribution in [0.15, 0.2) is 48.5 Å². The van der Waals surface area contributed by atoms with Crippen LogP contribution in [0.1, 0.15) is 17.2 Å². The fraction of sp³-hybridized carbons (Fsp3) is 0.250. The van der Waals surface area contributed by atoms with E-state index in [-0.39, 0.29) is 0 Å². The lowest BCUT2D eigenvalue weighted by atomic mass is 10.00. The highest BCUT2D eigenvalue weighted by atomic mass is 16.5. The van der Waals surface area contributed by atoms with Gasteiger partial charge in [-0.25, -0.2) is 0 Å². The number of benzene rings is 2. The largest absolute Gasteiger partial charge is 0.496 e. The zero-order valence-corrected chi connectivity index (χ0v) is 11.5. The Morgan fingerprint density at radius 2 is 1.79 bits per heavy atom. The highest BCUT2D eigenvalue weighted by Crippen LogP contribution is 2.30. The molecule has 2 aromatic rings. The van der Waals surface area contributed by atoms with Crippen LogP contribution in [0.4, 0.5) is 5.69 Å². The van der Waals surface area contributed by atoms with Crippen LogP contribution in [0.5, 0.6) is 5.75 Å². The summed E-state index contributed by atoms with van der Waals surface area (Å²) in [4.78, 5) is 2.01. The maximum Gasteiger partial charge on any atom is 0.125 e. The van der Waals surface area contributed by atoms with Crippen LogP contribution >= 0.6 is 0 Å². The van der Waals surface area contributed by atoms with Gasteiger partial charge in [-0.1, -0.05) is 30.3 Å². The van der Waals surface area contributed by atoms with Crippen molar-refractivity contribution in [3.63, 3.8) is 0 Å². The first-order valence-electron chi connectivity index (χ1n) is 6.21. The van der Waals surface area contributed by atoms with Crippen molar-refractivity contribution >= 4 is 5.69 Å². The first-order valence-corrected chi connectivity index (χ1v) is 6.21. The van der Waals surface area contributed by atoms with Crippen LogP contribution in [0.2, 0.25) is 0 Å². The van der Waals surface area contributed by atoms with Gasteiger partial charge in [-0.2, -0.15) is 0 Å². The molecule has 0 saturated heterocycles. The Morgan fingerprint density at radius 3 is 2.47 bits per heavy atom. The predicted molar refractivity (Wildman–Crippen MR) is 77.8 cm³/mol. The number of rotatable bonds is 4. The minimum absolute atomic E-state index is 0.684. The summed E-state index contributed by atoms with van der Waals surface area (Å²) < 4.78 is 5.30. The molecular weight excluding hydrogens is 238 g/mol. The number of ether oxygens (including phenoxy) is 1. The molecule has 1 atom stereocenters. The molecule has 0 aliphatic carbocycles. The molecule has 0 radical (unpaired) electrons. The van der Waals surface area contributed by atoms with Crippen LogP contribution in [0.3, 0.4) is 0 Å². The number of nitrogens with zero attached hydrogens (tertiary/aromatic N) is 1. The van der Waals surface area contributed by atoms with Gasteiger partial charge in [0, 0.05) is 25.3 Å². The van der Waals surface area contributed by atoms with Gasteiger partial charge in [0.05, 0.1) is 7.11 Å². The summed E-state index contributed by atoms with van der Waals surface area (Å²) in [6.07, 6.45) is -0.684. The van der Waals surface area contributed by atoms with Crippen molar-refractivity contribution in [2.24, 2.45) is 0 Å². The lowest BCUT2D eigenvalue weighted by Crippen LogP contribution is -2.10. The first kappa shape index (κ1) is 13.4. The summed E-state index contributed by atoms with van der Waals surface area (Å²) in [5.41, 5.74) is 2.70. The van der Waals surface area contributed by atoms with Crippen molar-refractivity contribution in [2.75, 3.05) is 26.1 Å². The average Bonchev–Trinajstić information content (AvgIpc) is 2.46. The number of hydrogen-bond acceptors (Lipinski definition) is 3. The molecule has 3 nitrogen and oxygen atoms in total.